The molecule has 2 unspecified atom stereocenters. The Bertz CT molecular complexity index is 163. The lowest BCUT2D eigenvalue weighted by atomic mass is 9.68. The molecule has 0 bridgehead atoms. The molecule has 1 fully saturated rings. The molecular formula is C12H23Cl. The van der Waals surface area contributed by atoms with Crippen molar-refractivity contribution >= 4 is 11.6 Å². The molecule has 0 aromatic rings. The highest BCUT2D eigenvalue weighted by Crippen LogP contribution is 2.47. The summed E-state index contributed by atoms with van der Waals surface area (Å²) in [5.41, 5.74) is 0. The van der Waals surface area contributed by atoms with Crippen LogP contribution in [0.5, 0.6) is 0 Å². The van der Waals surface area contributed by atoms with E-state index in [2.05, 4.69) is 27.7 Å². The number of rotatable bonds is 2. The van der Waals surface area contributed by atoms with Crippen molar-refractivity contribution in [1.82, 2.24) is 0 Å². The van der Waals surface area contributed by atoms with Crippen LogP contribution < -0.4 is 0 Å². The van der Waals surface area contributed by atoms with Crippen LogP contribution in [-0.2, 0) is 0 Å². The molecule has 1 heteroatoms. The first-order valence-electron chi connectivity index (χ1n) is 5.67. The number of alkyl halides is 1. The fourth-order valence-corrected chi connectivity index (χ4v) is 3.28. The average Bonchev–Trinajstić information content (AvgIpc) is 2.04. The molecule has 0 N–H and O–H groups in total. The van der Waals surface area contributed by atoms with E-state index in [-0.39, 0.29) is 4.87 Å². The third-order valence-electron chi connectivity index (χ3n) is 3.71. The maximum atomic E-state index is 6.77. The van der Waals surface area contributed by atoms with Gasteiger partial charge in [-0.15, -0.1) is 11.6 Å². The summed E-state index contributed by atoms with van der Waals surface area (Å²) in [6, 6.07) is 0. The second-order valence-corrected chi connectivity index (χ2v) is 5.88. The predicted octanol–water partition coefficient (Wildman–Crippen LogP) is 4.47. The highest BCUT2D eigenvalue weighted by molar-refractivity contribution is 6.24. The maximum absolute atomic E-state index is 6.77. The van der Waals surface area contributed by atoms with E-state index in [4.69, 9.17) is 11.6 Å². The number of halogens is 1. The van der Waals surface area contributed by atoms with Gasteiger partial charge in [0.2, 0.25) is 0 Å². The van der Waals surface area contributed by atoms with Crippen LogP contribution in [0, 0.1) is 17.8 Å². The summed E-state index contributed by atoms with van der Waals surface area (Å²) in [5.74, 6) is 2.07. The SMILES string of the molecule is CC(C)C1CCCCC1(Cl)C(C)C. The van der Waals surface area contributed by atoms with E-state index in [0.717, 1.165) is 11.8 Å². The van der Waals surface area contributed by atoms with Crippen LogP contribution in [0.15, 0.2) is 0 Å². The Kier molecular flexibility index (Phi) is 3.68. The van der Waals surface area contributed by atoms with Crippen LogP contribution in [-0.4, -0.2) is 4.87 Å². The van der Waals surface area contributed by atoms with Crippen LogP contribution in [0.25, 0.3) is 0 Å². The van der Waals surface area contributed by atoms with Gasteiger partial charge >= 0.3 is 0 Å². The van der Waals surface area contributed by atoms with Crippen molar-refractivity contribution in [2.24, 2.45) is 17.8 Å². The Labute approximate surface area is 88.1 Å². The third-order valence-corrected chi connectivity index (χ3v) is 4.61. The van der Waals surface area contributed by atoms with E-state index >= 15 is 0 Å². The second-order valence-electron chi connectivity index (χ2n) is 5.18. The first-order valence-corrected chi connectivity index (χ1v) is 6.05. The molecule has 13 heavy (non-hydrogen) atoms. The summed E-state index contributed by atoms with van der Waals surface area (Å²) in [5, 5.41) is 0. The summed E-state index contributed by atoms with van der Waals surface area (Å²) < 4.78 is 0. The van der Waals surface area contributed by atoms with Gasteiger partial charge in [-0.1, -0.05) is 40.5 Å². The van der Waals surface area contributed by atoms with E-state index in [0.29, 0.717) is 5.92 Å². The molecule has 0 radical (unpaired) electrons. The van der Waals surface area contributed by atoms with Gasteiger partial charge < -0.3 is 0 Å². The predicted molar refractivity (Wildman–Crippen MR) is 60.2 cm³/mol. The van der Waals surface area contributed by atoms with Crippen molar-refractivity contribution < 1.29 is 0 Å². The Hall–Kier alpha value is 0.290. The minimum Gasteiger partial charge on any atom is -0.119 e. The second kappa shape index (κ2) is 4.21. The van der Waals surface area contributed by atoms with Crippen molar-refractivity contribution in [2.75, 3.05) is 0 Å². The molecule has 1 aliphatic carbocycles. The fraction of sp³-hybridized carbons (Fsp3) is 1.00. The first-order chi connectivity index (χ1) is 5.98. The van der Waals surface area contributed by atoms with Gasteiger partial charge in [0.25, 0.3) is 0 Å². The van der Waals surface area contributed by atoms with Crippen LogP contribution in [0.1, 0.15) is 53.4 Å². The molecule has 2 atom stereocenters. The van der Waals surface area contributed by atoms with Crippen molar-refractivity contribution in [2.45, 2.75) is 58.3 Å². The maximum Gasteiger partial charge on any atom is 0.0500 e. The van der Waals surface area contributed by atoms with Gasteiger partial charge in [-0.3, -0.25) is 0 Å². The van der Waals surface area contributed by atoms with Crippen molar-refractivity contribution in [3.63, 3.8) is 0 Å². The van der Waals surface area contributed by atoms with Gasteiger partial charge in [0, 0.05) is 4.87 Å². The fourth-order valence-electron chi connectivity index (χ4n) is 2.79. The molecule has 0 aromatic heterocycles. The smallest absolute Gasteiger partial charge is 0.0500 e. The van der Waals surface area contributed by atoms with E-state index < -0.39 is 0 Å². The number of hydrogen-bond donors (Lipinski definition) is 0. The zero-order valence-electron chi connectivity index (χ0n) is 9.44. The summed E-state index contributed by atoms with van der Waals surface area (Å²) in [6.07, 6.45) is 5.25. The minimum absolute atomic E-state index is 0.0897. The van der Waals surface area contributed by atoms with E-state index in [1.54, 1.807) is 0 Å². The molecule has 0 aliphatic heterocycles. The van der Waals surface area contributed by atoms with Crippen molar-refractivity contribution in [1.29, 1.82) is 0 Å². The van der Waals surface area contributed by atoms with Crippen molar-refractivity contribution in [3.8, 4) is 0 Å². The topological polar surface area (TPSA) is 0 Å². The highest BCUT2D eigenvalue weighted by atomic mass is 35.5. The monoisotopic (exact) mass is 202 g/mol. The Morgan fingerprint density at radius 2 is 1.77 bits per heavy atom. The number of hydrogen-bond acceptors (Lipinski definition) is 0. The molecule has 0 aromatic carbocycles. The van der Waals surface area contributed by atoms with E-state index in [9.17, 15) is 0 Å². The van der Waals surface area contributed by atoms with Gasteiger partial charge in [0.1, 0.15) is 0 Å². The quantitative estimate of drug-likeness (QED) is 0.580. The lowest BCUT2D eigenvalue weighted by Crippen LogP contribution is -2.42. The van der Waals surface area contributed by atoms with Gasteiger partial charge in [-0.2, -0.15) is 0 Å². The molecule has 0 amide bonds. The minimum atomic E-state index is 0.0897. The largest absolute Gasteiger partial charge is 0.119 e. The van der Waals surface area contributed by atoms with Crippen LogP contribution in [0.2, 0.25) is 0 Å². The molecule has 1 saturated carbocycles. The third kappa shape index (κ3) is 2.21. The summed E-state index contributed by atoms with van der Waals surface area (Å²) in [6.45, 7) is 9.17. The summed E-state index contributed by atoms with van der Waals surface area (Å²) in [7, 11) is 0. The molecule has 0 heterocycles. The standard InChI is InChI=1S/C12H23Cl/c1-9(2)11-7-5-6-8-12(11,13)10(3)4/h9-11H,5-8H2,1-4H3. The summed E-state index contributed by atoms with van der Waals surface area (Å²) in [4.78, 5) is 0.0897. The van der Waals surface area contributed by atoms with Crippen LogP contribution in [0.4, 0.5) is 0 Å². The molecule has 1 rings (SSSR count). The van der Waals surface area contributed by atoms with E-state index in [1.165, 1.54) is 25.7 Å². The molecule has 1 aliphatic rings. The Morgan fingerprint density at radius 1 is 1.15 bits per heavy atom. The molecular weight excluding hydrogens is 180 g/mol. The van der Waals surface area contributed by atoms with Gasteiger partial charge in [0.15, 0.2) is 0 Å². The average molecular weight is 203 g/mol. The van der Waals surface area contributed by atoms with Crippen molar-refractivity contribution in [3.05, 3.63) is 0 Å². The lowest BCUT2D eigenvalue weighted by Gasteiger charge is -2.44. The zero-order valence-corrected chi connectivity index (χ0v) is 10.2. The molecule has 0 nitrogen and oxygen atoms in total. The first kappa shape index (κ1) is 11.4. The summed E-state index contributed by atoms with van der Waals surface area (Å²) >= 11 is 6.77. The highest BCUT2D eigenvalue weighted by Gasteiger charge is 2.42. The lowest BCUT2D eigenvalue weighted by molar-refractivity contribution is 0.162. The van der Waals surface area contributed by atoms with Gasteiger partial charge in [0.05, 0.1) is 0 Å². The van der Waals surface area contributed by atoms with Crippen LogP contribution in [0.3, 0.4) is 0 Å². The van der Waals surface area contributed by atoms with Gasteiger partial charge in [-0.25, -0.2) is 0 Å². The van der Waals surface area contributed by atoms with Crippen LogP contribution >= 0.6 is 11.6 Å². The Balaban J connectivity index is 2.77. The normalized spacial score (nSPS) is 35.8. The molecule has 0 saturated heterocycles. The molecule has 78 valence electrons. The Morgan fingerprint density at radius 3 is 2.15 bits per heavy atom. The van der Waals surface area contributed by atoms with E-state index in [1.807, 2.05) is 0 Å². The van der Waals surface area contributed by atoms with Gasteiger partial charge in [-0.05, 0) is 30.6 Å². The molecule has 0 spiro atoms. The zero-order chi connectivity index (χ0) is 10.1.